The predicted molar refractivity (Wildman–Crippen MR) is 65.1 cm³/mol. The maximum Gasteiger partial charge on any atom is 0.405 e. The fourth-order valence-electron chi connectivity index (χ4n) is 1.38. The van der Waals surface area contributed by atoms with E-state index in [2.05, 4.69) is 5.32 Å². The molecule has 0 saturated carbocycles. The lowest BCUT2D eigenvalue weighted by Crippen LogP contribution is -2.42. The molecule has 0 spiro atoms. The molecule has 1 rings (SSSR count). The second-order valence-corrected chi connectivity index (χ2v) is 4.04. The lowest BCUT2D eigenvalue weighted by atomic mass is 10.2. The van der Waals surface area contributed by atoms with Crippen molar-refractivity contribution in [2.75, 3.05) is 19.0 Å². The molecule has 1 atom stereocenters. The van der Waals surface area contributed by atoms with Gasteiger partial charge in [0.1, 0.15) is 24.2 Å². The van der Waals surface area contributed by atoms with Gasteiger partial charge < -0.3 is 15.4 Å². The van der Waals surface area contributed by atoms with Gasteiger partial charge in [-0.15, -0.1) is 0 Å². The first kappa shape index (κ1) is 16.1. The number of rotatable bonds is 5. The van der Waals surface area contributed by atoms with Crippen molar-refractivity contribution in [2.24, 2.45) is 0 Å². The van der Waals surface area contributed by atoms with Gasteiger partial charge in [-0.2, -0.15) is 13.2 Å². The number of halogens is 4. The van der Waals surface area contributed by atoms with Crippen LogP contribution in [0.3, 0.4) is 0 Å². The summed E-state index contributed by atoms with van der Waals surface area (Å²) in [7, 11) is 1.39. The first-order valence-electron chi connectivity index (χ1n) is 5.67. The summed E-state index contributed by atoms with van der Waals surface area (Å²) in [5.74, 6) is -1.16. The Hall–Kier alpha value is -1.99. The summed E-state index contributed by atoms with van der Waals surface area (Å²) in [6, 6.07) is 2.79. The lowest BCUT2D eigenvalue weighted by Gasteiger charge is -2.17. The van der Waals surface area contributed by atoms with Crippen LogP contribution >= 0.6 is 0 Å². The van der Waals surface area contributed by atoms with E-state index in [1.165, 1.54) is 26.2 Å². The lowest BCUT2D eigenvalue weighted by molar-refractivity contribution is -0.138. The molecular weight excluding hydrogens is 280 g/mol. The first-order valence-corrected chi connectivity index (χ1v) is 5.67. The third kappa shape index (κ3) is 4.94. The Bertz CT molecular complexity index is 477. The molecule has 112 valence electrons. The molecule has 0 saturated heterocycles. The second-order valence-electron chi connectivity index (χ2n) is 4.04. The molecule has 0 fully saturated rings. The maximum atomic E-state index is 13.5. The van der Waals surface area contributed by atoms with Crippen LogP contribution in [0.25, 0.3) is 0 Å². The average Bonchev–Trinajstić information content (AvgIpc) is 2.37. The maximum absolute atomic E-state index is 13.5. The number of ether oxygens (including phenoxy) is 1. The third-order valence-corrected chi connectivity index (χ3v) is 2.40. The molecule has 0 bridgehead atoms. The van der Waals surface area contributed by atoms with Gasteiger partial charge in [-0.1, -0.05) is 0 Å². The topological polar surface area (TPSA) is 50.4 Å². The van der Waals surface area contributed by atoms with Crippen LogP contribution in [0.15, 0.2) is 18.2 Å². The van der Waals surface area contributed by atoms with E-state index in [1.54, 1.807) is 5.32 Å². The van der Waals surface area contributed by atoms with Crippen molar-refractivity contribution in [2.45, 2.75) is 19.1 Å². The fraction of sp³-hybridized carbons (Fsp3) is 0.417. The largest absolute Gasteiger partial charge is 0.497 e. The quantitative estimate of drug-likeness (QED) is 0.819. The van der Waals surface area contributed by atoms with Crippen LogP contribution in [0.1, 0.15) is 6.92 Å². The molecule has 0 aliphatic rings. The van der Waals surface area contributed by atoms with Crippen LogP contribution in [-0.2, 0) is 4.79 Å². The third-order valence-electron chi connectivity index (χ3n) is 2.40. The molecule has 8 heteroatoms. The van der Waals surface area contributed by atoms with Crippen LogP contribution in [0.5, 0.6) is 5.75 Å². The minimum absolute atomic E-state index is 0.0287. The van der Waals surface area contributed by atoms with Crippen LogP contribution in [0.2, 0.25) is 0 Å². The molecular formula is C12H14F4N2O2. The van der Waals surface area contributed by atoms with Crippen LogP contribution < -0.4 is 15.4 Å². The van der Waals surface area contributed by atoms with E-state index in [0.29, 0.717) is 5.75 Å². The molecule has 1 aromatic carbocycles. The number of carbonyl (C=O) groups is 1. The molecule has 1 aromatic rings. The zero-order valence-corrected chi connectivity index (χ0v) is 10.8. The number of nitrogens with one attached hydrogen (secondary N) is 2. The number of benzene rings is 1. The summed E-state index contributed by atoms with van der Waals surface area (Å²) >= 11 is 0. The highest BCUT2D eigenvalue weighted by atomic mass is 19.4. The Morgan fingerprint density at radius 3 is 2.60 bits per heavy atom. The van der Waals surface area contributed by atoms with Gasteiger partial charge in [0.05, 0.1) is 12.8 Å². The van der Waals surface area contributed by atoms with Gasteiger partial charge in [0.25, 0.3) is 0 Å². The summed E-state index contributed by atoms with van der Waals surface area (Å²) in [6.45, 7) is -0.108. The van der Waals surface area contributed by atoms with Gasteiger partial charge in [0, 0.05) is 6.07 Å². The van der Waals surface area contributed by atoms with Gasteiger partial charge in [0.2, 0.25) is 5.91 Å². The number of anilines is 1. The van der Waals surface area contributed by atoms with Gasteiger partial charge in [0.15, 0.2) is 0 Å². The van der Waals surface area contributed by atoms with E-state index in [-0.39, 0.29) is 5.69 Å². The van der Waals surface area contributed by atoms with Crippen molar-refractivity contribution in [3.8, 4) is 5.75 Å². The summed E-state index contributed by atoms with van der Waals surface area (Å²) < 4.78 is 54.2. The van der Waals surface area contributed by atoms with Crippen LogP contribution in [0, 0.1) is 5.82 Å². The summed E-state index contributed by atoms with van der Waals surface area (Å²) in [5.41, 5.74) is -0.0287. The Morgan fingerprint density at radius 2 is 2.05 bits per heavy atom. The van der Waals surface area contributed by atoms with Gasteiger partial charge in [-0.25, -0.2) is 4.39 Å². The average molecular weight is 294 g/mol. The number of alkyl halides is 3. The molecule has 20 heavy (non-hydrogen) atoms. The first-order chi connectivity index (χ1) is 9.23. The van der Waals surface area contributed by atoms with Crippen molar-refractivity contribution < 1.29 is 27.1 Å². The summed E-state index contributed by atoms with van der Waals surface area (Å²) in [4.78, 5) is 11.4. The summed E-state index contributed by atoms with van der Waals surface area (Å²) in [6.07, 6.45) is -4.49. The SMILES string of the molecule is COc1ccc(F)c(NC(C)C(=O)NCC(F)(F)F)c1. The minimum atomic E-state index is -4.49. The fourth-order valence-corrected chi connectivity index (χ4v) is 1.38. The van der Waals surface area contributed by atoms with E-state index in [9.17, 15) is 22.4 Å². The molecule has 0 aliphatic carbocycles. The molecule has 2 N–H and O–H groups in total. The van der Waals surface area contributed by atoms with Gasteiger partial charge in [-0.05, 0) is 19.1 Å². The standard InChI is InChI=1S/C12H14F4N2O2/c1-7(11(19)17-6-12(14,15)16)18-10-5-8(20-2)3-4-9(10)13/h3-5,7,18H,6H2,1-2H3,(H,17,19). The molecule has 0 aromatic heterocycles. The Kier molecular flexibility index (Phi) is 5.18. The normalized spacial score (nSPS) is 12.7. The number of hydrogen-bond acceptors (Lipinski definition) is 3. The van der Waals surface area contributed by atoms with E-state index in [4.69, 9.17) is 4.74 Å². The molecule has 0 radical (unpaired) electrons. The number of amides is 1. The highest BCUT2D eigenvalue weighted by Crippen LogP contribution is 2.21. The number of hydrogen-bond donors (Lipinski definition) is 2. The highest BCUT2D eigenvalue weighted by molar-refractivity contribution is 5.84. The van der Waals surface area contributed by atoms with Crippen molar-refractivity contribution in [1.82, 2.24) is 5.32 Å². The van der Waals surface area contributed by atoms with E-state index in [0.717, 1.165) is 6.07 Å². The van der Waals surface area contributed by atoms with Crippen LogP contribution in [0.4, 0.5) is 23.2 Å². The van der Waals surface area contributed by atoms with Crippen molar-refractivity contribution in [3.05, 3.63) is 24.0 Å². The van der Waals surface area contributed by atoms with Gasteiger partial charge in [-0.3, -0.25) is 4.79 Å². The predicted octanol–water partition coefficient (Wildman–Crippen LogP) is 2.31. The molecule has 1 unspecified atom stereocenters. The van der Waals surface area contributed by atoms with E-state index in [1.807, 2.05) is 0 Å². The number of methoxy groups -OCH3 is 1. The Labute approximate surface area is 113 Å². The van der Waals surface area contributed by atoms with Crippen molar-refractivity contribution >= 4 is 11.6 Å². The highest BCUT2D eigenvalue weighted by Gasteiger charge is 2.28. The summed E-state index contributed by atoms with van der Waals surface area (Å²) in [5, 5.41) is 4.20. The van der Waals surface area contributed by atoms with E-state index < -0.39 is 30.5 Å². The Morgan fingerprint density at radius 1 is 1.40 bits per heavy atom. The molecule has 1 amide bonds. The second kappa shape index (κ2) is 6.44. The molecule has 4 nitrogen and oxygen atoms in total. The molecule has 0 aliphatic heterocycles. The minimum Gasteiger partial charge on any atom is -0.497 e. The monoisotopic (exact) mass is 294 g/mol. The Balaban J connectivity index is 2.65. The zero-order valence-electron chi connectivity index (χ0n) is 10.8. The molecule has 0 heterocycles. The zero-order chi connectivity index (χ0) is 15.3. The van der Waals surface area contributed by atoms with Crippen molar-refractivity contribution in [3.63, 3.8) is 0 Å². The van der Waals surface area contributed by atoms with E-state index >= 15 is 0 Å². The van der Waals surface area contributed by atoms with Crippen LogP contribution in [-0.4, -0.2) is 31.8 Å². The van der Waals surface area contributed by atoms with Gasteiger partial charge >= 0.3 is 6.18 Å². The smallest absolute Gasteiger partial charge is 0.405 e. The number of carbonyl (C=O) groups excluding carboxylic acids is 1. The van der Waals surface area contributed by atoms with Crippen molar-refractivity contribution in [1.29, 1.82) is 0 Å².